The molecule has 1 atom stereocenters. The van der Waals surface area contributed by atoms with E-state index in [1.807, 2.05) is 13.0 Å². The fourth-order valence-corrected chi connectivity index (χ4v) is 5.23. The lowest BCUT2D eigenvalue weighted by Gasteiger charge is -2.39. The van der Waals surface area contributed by atoms with E-state index in [0.29, 0.717) is 24.0 Å². The molecule has 2 fully saturated rings. The maximum atomic E-state index is 13.3. The quantitative estimate of drug-likeness (QED) is 0.793. The second-order valence-electron chi connectivity index (χ2n) is 8.43. The van der Waals surface area contributed by atoms with Crippen molar-refractivity contribution in [2.24, 2.45) is 22.6 Å². The molecule has 134 valence electrons. The van der Waals surface area contributed by atoms with Crippen LogP contribution in [-0.2, 0) is 4.79 Å². The zero-order valence-electron chi connectivity index (χ0n) is 15.4. The van der Waals surface area contributed by atoms with Crippen molar-refractivity contribution in [3.63, 3.8) is 0 Å². The molecule has 1 heterocycles. The van der Waals surface area contributed by atoms with Crippen LogP contribution in [0.3, 0.4) is 0 Å². The third-order valence-electron chi connectivity index (χ3n) is 6.58. The van der Waals surface area contributed by atoms with Gasteiger partial charge in [0, 0.05) is 6.42 Å². The number of rotatable bonds is 4. The van der Waals surface area contributed by atoms with Crippen molar-refractivity contribution in [3.05, 3.63) is 11.6 Å². The fourth-order valence-electron chi connectivity index (χ4n) is 5.23. The monoisotopic (exact) mass is 330 g/mol. The third kappa shape index (κ3) is 3.92. The lowest BCUT2D eigenvalue weighted by Crippen LogP contribution is -2.46. The van der Waals surface area contributed by atoms with E-state index in [1.54, 1.807) is 0 Å². The first-order valence-corrected chi connectivity index (χ1v) is 10.2. The summed E-state index contributed by atoms with van der Waals surface area (Å²) in [6, 6.07) is 0. The molecular weight excluding hydrogens is 296 g/mol. The lowest BCUT2D eigenvalue weighted by atomic mass is 9.68. The molecule has 0 aromatic rings. The molecule has 24 heavy (non-hydrogen) atoms. The van der Waals surface area contributed by atoms with Gasteiger partial charge in [-0.3, -0.25) is 9.79 Å². The predicted molar refractivity (Wildman–Crippen MR) is 100 cm³/mol. The van der Waals surface area contributed by atoms with Gasteiger partial charge in [-0.05, 0) is 50.5 Å². The Bertz CT molecular complexity index is 510. The molecule has 3 nitrogen and oxygen atoms in total. The van der Waals surface area contributed by atoms with Crippen molar-refractivity contribution in [1.29, 1.82) is 0 Å². The van der Waals surface area contributed by atoms with E-state index in [2.05, 4.69) is 0 Å². The number of carbonyl (C=O) groups is 1. The first-order valence-electron chi connectivity index (χ1n) is 10.2. The Morgan fingerprint density at radius 1 is 1.08 bits per heavy atom. The van der Waals surface area contributed by atoms with E-state index in [-0.39, 0.29) is 0 Å². The second-order valence-corrected chi connectivity index (χ2v) is 8.43. The van der Waals surface area contributed by atoms with Gasteiger partial charge in [-0.15, -0.1) is 0 Å². The van der Waals surface area contributed by atoms with Crippen LogP contribution < -0.4 is 5.73 Å². The molecular formula is C21H34N2O. The van der Waals surface area contributed by atoms with Crippen LogP contribution in [0.5, 0.6) is 0 Å². The summed E-state index contributed by atoms with van der Waals surface area (Å²) < 4.78 is 0. The molecule has 0 bridgehead atoms. The number of aliphatic imine (C=N–C) groups is 1. The van der Waals surface area contributed by atoms with Crippen molar-refractivity contribution in [1.82, 2.24) is 0 Å². The number of nitrogens with two attached hydrogens (primary N) is 1. The number of amidine groups is 1. The molecule has 1 unspecified atom stereocenters. The maximum Gasteiger partial charge on any atom is 0.164 e. The van der Waals surface area contributed by atoms with Gasteiger partial charge < -0.3 is 5.73 Å². The lowest BCUT2D eigenvalue weighted by molar-refractivity contribution is -0.126. The molecule has 2 aliphatic carbocycles. The normalized spacial score (nSPS) is 30.6. The molecule has 2 N–H and O–H groups in total. The summed E-state index contributed by atoms with van der Waals surface area (Å²) in [6.07, 6.45) is 17.4. The fraction of sp³-hybridized carbons (Fsp3) is 0.810. The summed E-state index contributed by atoms with van der Waals surface area (Å²) in [5, 5.41) is 0. The summed E-state index contributed by atoms with van der Waals surface area (Å²) in [7, 11) is 0. The van der Waals surface area contributed by atoms with Crippen LogP contribution in [0.2, 0.25) is 0 Å². The van der Waals surface area contributed by atoms with Crippen molar-refractivity contribution in [2.75, 3.05) is 0 Å². The number of carbonyl (C=O) groups excluding carboxylic acids is 1. The first-order chi connectivity index (χ1) is 11.6. The number of nitrogens with zero attached hydrogens (tertiary/aromatic N) is 1. The van der Waals surface area contributed by atoms with Crippen LogP contribution in [0.1, 0.15) is 90.4 Å². The van der Waals surface area contributed by atoms with Crippen molar-refractivity contribution >= 4 is 11.6 Å². The van der Waals surface area contributed by atoms with Gasteiger partial charge in [-0.2, -0.15) is 0 Å². The second kappa shape index (κ2) is 7.84. The minimum absolute atomic E-state index is 0.333. The van der Waals surface area contributed by atoms with E-state index < -0.39 is 5.54 Å². The van der Waals surface area contributed by atoms with Gasteiger partial charge in [0.25, 0.3) is 0 Å². The largest absolute Gasteiger partial charge is 0.384 e. The highest BCUT2D eigenvalue weighted by atomic mass is 16.1. The van der Waals surface area contributed by atoms with E-state index in [9.17, 15) is 4.79 Å². The number of allylic oxidation sites excluding steroid dienone is 1. The highest BCUT2D eigenvalue weighted by molar-refractivity contribution is 6.01. The SMILES string of the molecule is CC1=CC(N)=NC(CCC2CCCCC2)(C2CCCCC2)C(=O)C1. The molecule has 2 saturated carbocycles. The molecule has 0 aromatic carbocycles. The maximum absolute atomic E-state index is 13.3. The Kier molecular flexibility index (Phi) is 5.78. The smallest absolute Gasteiger partial charge is 0.164 e. The molecule has 3 heteroatoms. The zero-order chi connectivity index (χ0) is 17.0. The van der Waals surface area contributed by atoms with Crippen LogP contribution in [-0.4, -0.2) is 17.2 Å². The van der Waals surface area contributed by atoms with Gasteiger partial charge >= 0.3 is 0 Å². The van der Waals surface area contributed by atoms with Gasteiger partial charge in [0.1, 0.15) is 11.4 Å². The summed E-state index contributed by atoms with van der Waals surface area (Å²) in [4.78, 5) is 18.2. The molecule has 3 aliphatic rings. The highest BCUT2D eigenvalue weighted by Crippen LogP contribution is 2.43. The minimum Gasteiger partial charge on any atom is -0.384 e. The van der Waals surface area contributed by atoms with Gasteiger partial charge in [0.2, 0.25) is 0 Å². The molecule has 0 saturated heterocycles. The minimum atomic E-state index is -0.532. The van der Waals surface area contributed by atoms with Crippen LogP contribution >= 0.6 is 0 Å². The highest BCUT2D eigenvalue weighted by Gasteiger charge is 2.46. The summed E-state index contributed by atoms with van der Waals surface area (Å²) in [6.45, 7) is 2.01. The van der Waals surface area contributed by atoms with Gasteiger partial charge in [-0.25, -0.2) is 0 Å². The number of hydrogen-bond donors (Lipinski definition) is 1. The molecule has 0 amide bonds. The summed E-state index contributed by atoms with van der Waals surface area (Å²) in [5.41, 5.74) is 6.73. The van der Waals surface area contributed by atoms with Crippen LogP contribution in [0.4, 0.5) is 0 Å². The average molecular weight is 331 g/mol. The van der Waals surface area contributed by atoms with E-state index in [1.165, 1.54) is 51.4 Å². The third-order valence-corrected chi connectivity index (χ3v) is 6.58. The van der Waals surface area contributed by atoms with Crippen LogP contribution in [0.15, 0.2) is 16.6 Å². The number of hydrogen-bond acceptors (Lipinski definition) is 3. The molecule has 0 aromatic heterocycles. The van der Waals surface area contributed by atoms with Gasteiger partial charge in [0.15, 0.2) is 5.78 Å². The topological polar surface area (TPSA) is 55.4 Å². The van der Waals surface area contributed by atoms with Crippen molar-refractivity contribution < 1.29 is 4.79 Å². The van der Waals surface area contributed by atoms with E-state index >= 15 is 0 Å². The number of ketones is 1. The molecule has 1 aliphatic heterocycles. The van der Waals surface area contributed by atoms with E-state index in [0.717, 1.165) is 37.2 Å². The van der Waals surface area contributed by atoms with Crippen LogP contribution in [0, 0.1) is 11.8 Å². The molecule has 0 spiro atoms. The molecule has 3 rings (SSSR count). The van der Waals surface area contributed by atoms with Crippen molar-refractivity contribution in [3.8, 4) is 0 Å². The Balaban J connectivity index is 1.82. The van der Waals surface area contributed by atoms with Crippen LogP contribution in [0.25, 0.3) is 0 Å². The van der Waals surface area contributed by atoms with Gasteiger partial charge in [-0.1, -0.05) is 56.9 Å². The standard InChI is InChI=1S/C21H34N2O/c1-16-14-19(24)21(23-20(22)15-16,18-10-6-3-7-11-18)13-12-17-8-4-2-5-9-17/h15,17-18H,2-14H2,1H3,(H2,22,23). The Morgan fingerprint density at radius 3 is 2.38 bits per heavy atom. The van der Waals surface area contributed by atoms with Gasteiger partial charge in [0.05, 0.1) is 0 Å². The van der Waals surface area contributed by atoms with E-state index in [4.69, 9.17) is 10.7 Å². The Hall–Kier alpha value is -1.12. The first kappa shape index (κ1) is 17.7. The van der Waals surface area contributed by atoms with Crippen molar-refractivity contribution in [2.45, 2.75) is 95.9 Å². The Morgan fingerprint density at radius 2 is 1.71 bits per heavy atom. The summed E-state index contributed by atoms with van der Waals surface area (Å²) in [5.74, 6) is 2.10. The Labute approximate surface area is 147 Å². The number of Topliss-reactive ketones (excluding diaryl/α,β-unsaturated/α-hetero) is 1. The average Bonchev–Trinajstić information content (AvgIpc) is 2.70. The summed E-state index contributed by atoms with van der Waals surface area (Å²) >= 11 is 0. The zero-order valence-corrected chi connectivity index (χ0v) is 15.4. The molecule has 0 radical (unpaired) electrons. The predicted octanol–water partition coefficient (Wildman–Crippen LogP) is 4.94.